The third kappa shape index (κ3) is 7.13. The van der Waals surface area contributed by atoms with E-state index in [1.54, 1.807) is 24.3 Å². The van der Waals surface area contributed by atoms with Crippen LogP contribution in [0.15, 0.2) is 60.0 Å². The van der Waals surface area contributed by atoms with Crippen LogP contribution in [0.25, 0.3) is 6.08 Å². The van der Waals surface area contributed by atoms with Gasteiger partial charge in [0.2, 0.25) is 21.8 Å². The van der Waals surface area contributed by atoms with E-state index in [9.17, 15) is 22.4 Å². The molecule has 0 bridgehead atoms. The lowest BCUT2D eigenvalue weighted by Crippen LogP contribution is -2.41. The quantitative estimate of drug-likeness (QED) is 0.710. The van der Waals surface area contributed by atoms with Gasteiger partial charge in [0.05, 0.1) is 13.1 Å². The predicted octanol–water partition coefficient (Wildman–Crippen LogP) is 2.16. The summed E-state index contributed by atoms with van der Waals surface area (Å²) in [5, 5.41) is 3.49. The molecule has 0 fully saturated rings. The van der Waals surface area contributed by atoms with E-state index in [0.717, 1.165) is 20.7 Å². The molecule has 2 amide bonds. The average molecular weight is 419 g/mol. The van der Waals surface area contributed by atoms with E-state index in [4.69, 9.17) is 0 Å². The minimum Gasteiger partial charge on any atom is -0.335 e. The van der Waals surface area contributed by atoms with Crippen molar-refractivity contribution in [3.63, 3.8) is 0 Å². The average Bonchev–Trinajstić information content (AvgIpc) is 2.67. The lowest BCUT2D eigenvalue weighted by molar-refractivity contribution is -0.133. The molecule has 0 saturated carbocycles. The van der Waals surface area contributed by atoms with Gasteiger partial charge in [-0.3, -0.25) is 9.59 Å². The van der Waals surface area contributed by atoms with E-state index < -0.39 is 34.2 Å². The van der Waals surface area contributed by atoms with Gasteiger partial charge in [0.15, 0.2) is 0 Å². The summed E-state index contributed by atoms with van der Waals surface area (Å²) in [6.45, 7) is -0.728. The van der Waals surface area contributed by atoms with E-state index in [-0.39, 0.29) is 12.2 Å². The first-order valence-corrected chi connectivity index (χ1v) is 10.2. The summed E-state index contributed by atoms with van der Waals surface area (Å²) in [5.41, 5.74) is 0.975. The van der Waals surface area contributed by atoms with Gasteiger partial charge in [0.25, 0.3) is 0 Å². The number of rotatable bonds is 8. The molecule has 29 heavy (non-hydrogen) atoms. The number of halogens is 1. The van der Waals surface area contributed by atoms with Crippen molar-refractivity contribution in [2.75, 3.05) is 32.5 Å². The molecule has 0 aliphatic rings. The Morgan fingerprint density at radius 3 is 2.38 bits per heavy atom. The van der Waals surface area contributed by atoms with Crippen LogP contribution in [-0.4, -0.2) is 56.6 Å². The summed E-state index contributed by atoms with van der Waals surface area (Å²) in [5.74, 6) is -1.58. The van der Waals surface area contributed by atoms with Crippen LogP contribution in [0.2, 0.25) is 0 Å². The SMILES string of the molecule is CN(CC(=O)Nc1cccc(F)c1)C(=O)CN(C)S(=O)(=O)C=Cc1ccccc1. The van der Waals surface area contributed by atoms with Crippen LogP contribution in [0.5, 0.6) is 0 Å². The molecule has 2 aromatic carbocycles. The molecule has 0 unspecified atom stereocenters. The number of nitrogens with one attached hydrogen (secondary N) is 1. The lowest BCUT2D eigenvalue weighted by atomic mass is 10.2. The lowest BCUT2D eigenvalue weighted by Gasteiger charge is -2.20. The number of likely N-dealkylation sites (N-methyl/N-ethyl adjacent to an activating group) is 2. The standard InChI is InChI=1S/C20H22FN3O4S/c1-23(14-19(25)22-18-10-6-9-17(21)13-18)20(26)15-24(2)29(27,28)12-11-16-7-4-3-5-8-16/h3-13H,14-15H2,1-2H3,(H,22,25). The maximum atomic E-state index is 13.2. The molecule has 1 N–H and O–H groups in total. The zero-order chi connectivity index (χ0) is 21.4. The number of nitrogens with zero attached hydrogens (tertiary/aromatic N) is 2. The Hall–Kier alpha value is -3.04. The molecular formula is C20H22FN3O4S. The third-order valence-corrected chi connectivity index (χ3v) is 5.42. The number of carbonyl (C=O) groups is 2. The summed E-state index contributed by atoms with van der Waals surface area (Å²) in [6, 6.07) is 14.2. The normalized spacial score (nSPS) is 11.6. The zero-order valence-electron chi connectivity index (χ0n) is 16.1. The monoisotopic (exact) mass is 419 g/mol. The van der Waals surface area contributed by atoms with Gasteiger partial charge in [-0.15, -0.1) is 0 Å². The van der Waals surface area contributed by atoms with Gasteiger partial charge < -0.3 is 10.2 Å². The maximum absolute atomic E-state index is 13.2. The molecule has 9 heteroatoms. The smallest absolute Gasteiger partial charge is 0.243 e. The first-order chi connectivity index (χ1) is 13.7. The van der Waals surface area contributed by atoms with Gasteiger partial charge in [0, 0.05) is 25.2 Å². The number of benzene rings is 2. The molecule has 2 rings (SSSR count). The van der Waals surface area contributed by atoms with Crippen molar-refractivity contribution in [3.05, 3.63) is 71.4 Å². The number of amides is 2. The second-order valence-corrected chi connectivity index (χ2v) is 8.25. The summed E-state index contributed by atoms with van der Waals surface area (Å²) in [7, 11) is -1.14. The molecule has 0 saturated heterocycles. The number of sulfonamides is 1. The predicted molar refractivity (Wildman–Crippen MR) is 110 cm³/mol. The molecule has 0 atom stereocenters. The van der Waals surface area contributed by atoms with E-state index in [2.05, 4.69) is 5.32 Å². The number of hydrogen-bond donors (Lipinski definition) is 1. The zero-order valence-corrected chi connectivity index (χ0v) is 16.9. The number of carbonyl (C=O) groups excluding carboxylic acids is 2. The van der Waals surface area contributed by atoms with Crippen LogP contribution >= 0.6 is 0 Å². The topological polar surface area (TPSA) is 86.8 Å². The molecule has 154 valence electrons. The van der Waals surface area contributed by atoms with Crippen molar-refractivity contribution in [1.29, 1.82) is 0 Å². The van der Waals surface area contributed by atoms with E-state index in [0.29, 0.717) is 5.56 Å². The highest BCUT2D eigenvalue weighted by atomic mass is 32.2. The summed E-state index contributed by atoms with van der Waals surface area (Å²) in [6.07, 6.45) is 1.44. The van der Waals surface area contributed by atoms with Crippen LogP contribution in [0, 0.1) is 5.82 Å². The van der Waals surface area contributed by atoms with E-state index in [1.165, 1.54) is 38.4 Å². The minimum atomic E-state index is -3.81. The van der Waals surface area contributed by atoms with Crippen LogP contribution in [0.4, 0.5) is 10.1 Å². The Labute approximate surface area is 169 Å². The molecule has 0 spiro atoms. The highest BCUT2D eigenvalue weighted by Gasteiger charge is 2.21. The molecule has 0 aliphatic carbocycles. The van der Waals surface area contributed by atoms with Gasteiger partial charge in [0.1, 0.15) is 5.82 Å². The molecule has 0 aromatic heterocycles. The fourth-order valence-electron chi connectivity index (χ4n) is 2.30. The van der Waals surface area contributed by atoms with Gasteiger partial charge in [-0.05, 0) is 29.8 Å². The molecule has 0 aliphatic heterocycles. The van der Waals surface area contributed by atoms with E-state index >= 15 is 0 Å². The van der Waals surface area contributed by atoms with Gasteiger partial charge >= 0.3 is 0 Å². The van der Waals surface area contributed by atoms with Gasteiger partial charge in [-0.1, -0.05) is 36.4 Å². The van der Waals surface area contributed by atoms with Crippen molar-refractivity contribution < 1.29 is 22.4 Å². The fraction of sp³-hybridized carbons (Fsp3) is 0.200. The Balaban J connectivity index is 1.90. The minimum absolute atomic E-state index is 0.265. The number of anilines is 1. The largest absolute Gasteiger partial charge is 0.335 e. The van der Waals surface area contributed by atoms with Crippen molar-refractivity contribution >= 4 is 33.6 Å². The fourth-order valence-corrected chi connectivity index (χ4v) is 3.13. The van der Waals surface area contributed by atoms with Crippen molar-refractivity contribution in [3.8, 4) is 0 Å². The van der Waals surface area contributed by atoms with E-state index in [1.807, 2.05) is 6.07 Å². The van der Waals surface area contributed by atoms with Crippen LogP contribution in [0.1, 0.15) is 5.56 Å². The Morgan fingerprint density at radius 1 is 1.03 bits per heavy atom. The first-order valence-electron chi connectivity index (χ1n) is 8.66. The molecular weight excluding hydrogens is 397 g/mol. The van der Waals surface area contributed by atoms with Gasteiger partial charge in [-0.25, -0.2) is 12.8 Å². The second kappa shape index (κ2) is 9.94. The molecule has 0 radical (unpaired) electrons. The Kier molecular flexibility index (Phi) is 7.63. The van der Waals surface area contributed by atoms with Crippen molar-refractivity contribution in [1.82, 2.24) is 9.21 Å². The van der Waals surface area contributed by atoms with Crippen molar-refractivity contribution in [2.45, 2.75) is 0 Å². The first kappa shape index (κ1) is 22.3. The molecule has 7 nitrogen and oxygen atoms in total. The van der Waals surface area contributed by atoms with Crippen LogP contribution in [-0.2, 0) is 19.6 Å². The second-order valence-electron chi connectivity index (χ2n) is 6.32. The summed E-state index contributed by atoms with van der Waals surface area (Å²) in [4.78, 5) is 25.4. The number of hydrogen-bond acceptors (Lipinski definition) is 4. The Bertz CT molecular complexity index is 994. The third-order valence-electron chi connectivity index (χ3n) is 3.94. The highest BCUT2D eigenvalue weighted by molar-refractivity contribution is 7.92. The van der Waals surface area contributed by atoms with Crippen molar-refractivity contribution in [2.24, 2.45) is 0 Å². The highest BCUT2D eigenvalue weighted by Crippen LogP contribution is 2.09. The van der Waals surface area contributed by atoms with Gasteiger partial charge in [-0.2, -0.15) is 4.31 Å². The van der Waals surface area contributed by atoms with Crippen LogP contribution < -0.4 is 5.32 Å². The maximum Gasteiger partial charge on any atom is 0.243 e. The van der Waals surface area contributed by atoms with Crippen LogP contribution in [0.3, 0.4) is 0 Å². The summed E-state index contributed by atoms with van der Waals surface area (Å²) >= 11 is 0. The molecule has 0 heterocycles. The summed E-state index contributed by atoms with van der Waals surface area (Å²) < 4.78 is 38.7. The molecule has 2 aromatic rings. The Morgan fingerprint density at radius 2 is 1.72 bits per heavy atom.